The van der Waals surface area contributed by atoms with Crippen LogP contribution in [0.1, 0.15) is 24.9 Å². The Morgan fingerprint density at radius 2 is 1.94 bits per heavy atom. The Morgan fingerprint density at radius 1 is 1.17 bits per heavy atom. The summed E-state index contributed by atoms with van der Waals surface area (Å²) in [6, 6.07) is 9.34. The number of nitrogens with zero attached hydrogens (tertiary/aromatic N) is 1. The van der Waals surface area contributed by atoms with Crippen molar-refractivity contribution in [3.8, 4) is 0 Å². The average Bonchev–Trinajstić information content (AvgIpc) is 2.39. The van der Waals surface area contributed by atoms with Crippen molar-refractivity contribution in [2.75, 3.05) is 5.32 Å². The number of halogens is 2. The quantitative estimate of drug-likeness (QED) is 0.829. The Kier molecular flexibility index (Phi) is 3.87. The van der Waals surface area contributed by atoms with Crippen LogP contribution in [0.2, 0.25) is 0 Å². The maximum atomic E-state index is 13.7. The highest BCUT2D eigenvalue weighted by Crippen LogP contribution is 2.24. The molecule has 1 aromatic carbocycles. The van der Waals surface area contributed by atoms with E-state index < -0.39 is 5.95 Å². The standard InChI is InChI=1S/C14H14F2N2/c1-2-13(11-5-3-4-6-12(11)15)18-10-7-8-14(16)17-9-10/h3-9,13,18H,2H2,1H3. The van der Waals surface area contributed by atoms with E-state index in [1.165, 1.54) is 18.3 Å². The van der Waals surface area contributed by atoms with Crippen molar-refractivity contribution in [2.24, 2.45) is 0 Å². The van der Waals surface area contributed by atoms with Crippen LogP contribution in [0.5, 0.6) is 0 Å². The molecule has 1 aromatic heterocycles. The Bertz CT molecular complexity index is 511. The highest BCUT2D eigenvalue weighted by Gasteiger charge is 2.13. The third kappa shape index (κ3) is 2.83. The highest BCUT2D eigenvalue weighted by molar-refractivity contribution is 5.43. The summed E-state index contributed by atoms with van der Waals surface area (Å²) in [5, 5.41) is 3.14. The zero-order chi connectivity index (χ0) is 13.0. The van der Waals surface area contributed by atoms with Crippen LogP contribution in [0.3, 0.4) is 0 Å². The van der Waals surface area contributed by atoms with Crippen LogP contribution in [0.25, 0.3) is 0 Å². The minimum Gasteiger partial charge on any atom is -0.377 e. The van der Waals surface area contributed by atoms with Crippen molar-refractivity contribution < 1.29 is 8.78 Å². The van der Waals surface area contributed by atoms with E-state index in [0.717, 1.165) is 6.42 Å². The van der Waals surface area contributed by atoms with Gasteiger partial charge in [-0.25, -0.2) is 9.37 Å². The fourth-order valence-corrected chi connectivity index (χ4v) is 1.82. The van der Waals surface area contributed by atoms with Gasteiger partial charge in [-0.05, 0) is 24.6 Å². The first kappa shape index (κ1) is 12.5. The van der Waals surface area contributed by atoms with Gasteiger partial charge in [-0.1, -0.05) is 25.1 Å². The predicted octanol–water partition coefficient (Wildman–Crippen LogP) is 3.92. The topological polar surface area (TPSA) is 24.9 Å². The fourth-order valence-electron chi connectivity index (χ4n) is 1.82. The van der Waals surface area contributed by atoms with Crippen LogP contribution in [0.4, 0.5) is 14.5 Å². The summed E-state index contributed by atoms with van der Waals surface area (Å²) >= 11 is 0. The highest BCUT2D eigenvalue weighted by atomic mass is 19.1. The van der Waals surface area contributed by atoms with Gasteiger partial charge in [-0.15, -0.1) is 0 Å². The van der Waals surface area contributed by atoms with E-state index in [0.29, 0.717) is 11.3 Å². The number of benzene rings is 1. The summed E-state index contributed by atoms with van der Waals surface area (Å²) in [6.07, 6.45) is 2.12. The maximum Gasteiger partial charge on any atom is 0.212 e. The van der Waals surface area contributed by atoms with Crippen LogP contribution in [-0.4, -0.2) is 4.98 Å². The summed E-state index contributed by atoms with van der Waals surface area (Å²) < 4.78 is 26.4. The van der Waals surface area contributed by atoms with Gasteiger partial charge in [0.25, 0.3) is 0 Å². The molecule has 2 nitrogen and oxygen atoms in total. The molecule has 1 heterocycles. The number of anilines is 1. The molecule has 1 N–H and O–H groups in total. The van der Waals surface area contributed by atoms with Gasteiger partial charge in [0, 0.05) is 5.56 Å². The first-order valence-corrected chi connectivity index (χ1v) is 5.83. The number of hydrogen-bond donors (Lipinski definition) is 1. The molecule has 0 saturated carbocycles. The van der Waals surface area contributed by atoms with Crippen molar-refractivity contribution in [1.29, 1.82) is 0 Å². The molecule has 18 heavy (non-hydrogen) atoms. The van der Waals surface area contributed by atoms with Crippen molar-refractivity contribution in [2.45, 2.75) is 19.4 Å². The van der Waals surface area contributed by atoms with Crippen molar-refractivity contribution in [3.05, 3.63) is 59.9 Å². The Labute approximate surface area is 105 Å². The van der Waals surface area contributed by atoms with Gasteiger partial charge in [0.2, 0.25) is 5.95 Å². The Hall–Kier alpha value is -1.97. The van der Waals surface area contributed by atoms with E-state index in [2.05, 4.69) is 10.3 Å². The monoisotopic (exact) mass is 248 g/mol. The lowest BCUT2D eigenvalue weighted by Crippen LogP contribution is -2.11. The van der Waals surface area contributed by atoms with E-state index in [-0.39, 0.29) is 11.9 Å². The molecule has 0 aliphatic carbocycles. The summed E-state index contributed by atoms with van der Waals surface area (Å²) in [5.74, 6) is -0.772. The molecule has 2 rings (SSSR count). The van der Waals surface area contributed by atoms with Crippen LogP contribution in [-0.2, 0) is 0 Å². The van der Waals surface area contributed by atoms with Crippen molar-refractivity contribution in [1.82, 2.24) is 4.98 Å². The lowest BCUT2D eigenvalue weighted by atomic mass is 10.0. The van der Waals surface area contributed by atoms with Crippen LogP contribution >= 0.6 is 0 Å². The fraction of sp³-hybridized carbons (Fsp3) is 0.214. The summed E-state index contributed by atoms with van der Waals surface area (Å²) in [5.41, 5.74) is 1.27. The number of hydrogen-bond acceptors (Lipinski definition) is 2. The molecular weight excluding hydrogens is 234 g/mol. The van der Waals surface area contributed by atoms with E-state index in [4.69, 9.17) is 0 Å². The van der Waals surface area contributed by atoms with E-state index in [9.17, 15) is 8.78 Å². The molecule has 0 amide bonds. The van der Waals surface area contributed by atoms with E-state index in [1.807, 2.05) is 6.92 Å². The predicted molar refractivity (Wildman–Crippen MR) is 67.2 cm³/mol. The lowest BCUT2D eigenvalue weighted by molar-refractivity contribution is 0.580. The van der Waals surface area contributed by atoms with Gasteiger partial charge in [0.1, 0.15) is 5.82 Å². The zero-order valence-corrected chi connectivity index (χ0v) is 10.0. The SMILES string of the molecule is CCC(Nc1ccc(F)nc1)c1ccccc1F. The second-order valence-electron chi connectivity index (χ2n) is 4.00. The van der Waals surface area contributed by atoms with Gasteiger partial charge in [0.05, 0.1) is 17.9 Å². The third-order valence-corrected chi connectivity index (χ3v) is 2.76. The summed E-state index contributed by atoms with van der Waals surface area (Å²) in [7, 11) is 0. The lowest BCUT2D eigenvalue weighted by Gasteiger charge is -2.19. The minimum atomic E-state index is -0.528. The zero-order valence-electron chi connectivity index (χ0n) is 10.0. The molecule has 0 spiro atoms. The van der Waals surface area contributed by atoms with Crippen LogP contribution in [0, 0.1) is 11.8 Å². The number of rotatable bonds is 4. The van der Waals surface area contributed by atoms with Gasteiger partial charge in [-0.2, -0.15) is 4.39 Å². The third-order valence-electron chi connectivity index (χ3n) is 2.76. The molecule has 2 aromatic rings. The molecule has 0 bridgehead atoms. The van der Waals surface area contributed by atoms with Gasteiger partial charge >= 0.3 is 0 Å². The largest absolute Gasteiger partial charge is 0.377 e. The van der Waals surface area contributed by atoms with E-state index >= 15 is 0 Å². The number of pyridine rings is 1. The van der Waals surface area contributed by atoms with Crippen LogP contribution < -0.4 is 5.32 Å². The van der Waals surface area contributed by atoms with Crippen molar-refractivity contribution >= 4 is 5.69 Å². The number of aromatic nitrogens is 1. The molecule has 1 unspecified atom stereocenters. The molecule has 0 radical (unpaired) electrons. The normalized spacial score (nSPS) is 12.2. The van der Waals surface area contributed by atoms with Gasteiger partial charge in [-0.3, -0.25) is 0 Å². The molecule has 0 saturated heterocycles. The van der Waals surface area contributed by atoms with Crippen molar-refractivity contribution in [3.63, 3.8) is 0 Å². The minimum absolute atomic E-state index is 0.154. The number of nitrogens with one attached hydrogen (secondary N) is 1. The second-order valence-corrected chi connectivity index (χ2v) is 4.00. The van der Waals surface area contributed by atoms with E-state index in [1.54, 1.807) is 24.3 Å². The smallest absolute Gasteiger partial charge is 0.212 e. The molecule has 1 atom stereocenters. The first-order valence-electron chi connectivity index (χ1n) is 5.83. The molecule has 0 aliphatic heterocycles. The van der Waals surface area contributed by atoms with Crippen LogP contribution in [0.15, 0.2) is 42.6 Å². The first-order chi connectivity index (χ1) is 8.70. The second kappa shape index (κ2) is 5.58. The maximum absolute atomic E-state index is 13.7. The molecule has 4 heteroatoms. The molecule has 0 aliphatic rings. The molecule has 0 fully saturated rings. The Morgan fingerprint density at radius 3 is 2.56 bits per heavy atom. The Balaban J connectivity index is 2.20. The summed E-state index contributed by atoms with van der Waals surface area (Å²) in [6.45, 7) is 1.96. The average molecular weight is 248 g/mol. The molecular formula is C14H14F2N2. The van der Waals surface area contributed by atoms with Gasteiger partial charge in [0.15, 0.2) is 0 Å². The molecule has 94 valence electrons. The van der Waals surface area contributed by atoms with Gasteiger partial charge < -0.3 is 5.32 Å². The summed E-state index contributed by atoms with van der Waals surface area (Å²) in [4.78, 5) is 3.56.